The molecule has 0 saturated heterocycles. The van der Waals surface area contributed by atoms with Crippen molar-refractivity contribution < 1.29 is 24.5 Å². The number of Topliss-reactive ketones (excluding diaryl/α,β-unsaturated/α-hetero) is 1. The molecule has 0 aliphatic heterocycles. The van der Waals surface area contributed by atoms with Gasteiger partial charge in [0.1, 0.15) is 16.4 Å². The topological polar surface area (TPSA) is 83.8 Å². The Morgan fingerprint density at radius 2 is 1.91 bits per heavy atom. The molecule has 4 rings (SSSR count). The number of allylic oxidation sites excluding steroid dienone is 4. The number of carboxylic acids is 1. The van der Waals surface area contributed by atoms with Crippen LogP contribution in [-0.4, -0.2) is 22.0 Å². The van der Waals surface area contributed by atoms with Gasteiger partial charge in [-0.2, -0.15) is 0 Å². The van der Waals surface area contributed by atoms with Crippen LogP contribution in [-0.2, 0) is 4.79 Å². The van der Waals surface area contributed by atoms with E-state index >= 15 is 0 Å². The van der Waals surface area contributed by atoms with Gasteiger partial charge in [0, 0.05) is 26.8 Å². The molecule has 1 atom stereocenters. The zero-order valence-corrected chi connectivity index (χ0v) is 19.5. The molecule has 0 amide bonds. The lowest BCUT2D eigenvalue weighted by atomic mass is 9.85. The number of hydrogen-bond acceptors (Lipinski definition) is 5. The molecular formula is C26H21ClO5S. The fraction of sp³-hybridized carbons (Fsp3) is 0.154. The third-order valence-electron chi connectivity index (χ3n) is 5.39. The van der Waals surface area contributed by atoms with Gasteiger partial charge in [-0.25, -0.2) is 4.79 Å². The number of carboxylic acid groups (broad SMARTS) is 1. The summed E-state index contributed by atoms with van der Waals surface area (Å²) in [4.78, 5) is 24.8. The van der Waals surface area contributed by atoms with Crippen molar-refractivity contribution in [1.82, 2.24) is 0 Å². The van der Waals surface area contributed by atoms with Gasteiger partial charge in [0.2, 0.25) is 5.78 Å². The number of hydrogen-bond donors (Lipinski definition) is 2. The first-order chi connectivity index (χ1) is 15.7. The lowest BCUT2D eigenvalue weighted by Crippen LogP contribution is -2.15. The molecule has 2 aromatic carbocycles. The Morgan fingerprint density at radius 1 is 1.18 bits per heavy atom. The van der Waals surface area contributed by atoms with Crippen molar-refractivity contribution in [2.24, 2.45) is 5.92 Å². The maximum absolute atomic E-state index is 13.7. The first kappa shape index (κ1) is 22.8. The monoisotopic (exact) mass is 480 g/mol. The number of carbonyl (C=O) groups is 2. The summed E-state index contributed by atoms with van der Waals surface area (Å²) >= 11 is 7.50. The van der Waals surface area contributed by atoms with E-state index in [2.05, 4.69) is 0 Å². The van der Waals surface area contributed by atoms with Gasteiger partial charge in [-0.3, -0.25) is 4.79 Å². The van der Waals surface area contributed by atoms with E-state index in [4.69, 9.17) is 21.4 Å². The number of aromatic hydroxyl groups is 1. The molecule has 0 saturated carbocycles. The maximum Gasteiger partial charge on any atom is 0.328 e. The lowest BCUT2D eigenvalue weighted by Gasteiger charge is -2.21. The third kappa shape index (κ3) is 4.87. The highest BCUT2D eigenvalue weighted by Gasteiger charge is 2.29. The highest BCUT2D eigenvalue weighted by molar-refractivity contribution is 7.21. The number of carbonyl (C=O) groups excluding carboxylic acids is 1. The van der Waals surface area contributed by atoms with Crippen LogP contribution in [0.25, 0.3) is 16.2 Å². The molecule has 1 aliphatic carbocycles. The molecule has 168 valence electrons. The van der Waals surface area contributed by atoms with Gasteiger partial charge < -0.3 is 14.9 Å². The number of ether oxygens (including phenoxy) is 1. The van der Waals surface area contributed by atoms with Crippen LogP contribution < -0.4 is 4.74 Å². The number of phenolic OH excluding ortho intramolecular Hbond substituents is 1. The molecule has 5 nitrogen and oxygen atoms in total. The molecule has 0 radical (unpaired) electrons. The Hall–Kier alpha value is -3.35. The summed E-state index contributed by atoms with van der Waals surface area (Å²) in [7, 11) is 0. The number of aliphatic carboxylic acids is 1. The number of ketones is 1. The van der Waals surface area contributed by atoms with E-state index in [1.807, 2.05) is 19.9 Å². The summed E-state index contributed by atoms with van der Waals surface area (Å²) < 4.78 is 6.93. The minimum absolute atomic E-state index is 0.0261. The van der Waals surface area contributed by atoms with Crippen molar-refractivity contribution in [1.29, 1.82) is 0 Å². The minimum atomic E-state index is -1.02. The van der Waals surface area contributed by atoms with E-state index in [1.54, 1.807) is 42.5 Å². The minimum Gasteiger partial charge on any atom is -0.508 e. The van der Waals surface area contributed by atoms with E-state index in [1.165, 1.54) is 17.4 Å². The fourth-order valence-corrected chi connectivity index (χ4v) is 5.44. The van der Waals surface area contributed by atoms with Crippen LogP contribution in [0.2, 0.25) is 0 Å². The van der Waals surface area contributed by atoms with Gasteiger partial charge in [0.25, 0.3) is 0 Å². The SMILES string of the molecule is CC1=C(C(=O)c2sc3cc(O)ccc3c2Oc2ccc(/C=C/C(=O)O)cc2)C(C)CC(Cl)=C1. The number of thiophene rings is 1. The van der Waals surface area contributed by atoms with Gasteiger partial charge in [-0.05, 0) is 72.9 Å². The van der Waals surface area contributed by atoms with Crippen LogP contribution >= 0.6 is 22.9 Å². The van der Waals surface area contributed by atoms with Gasteiger partial charge in [0.05, 0.1) is 0 Å². The van der Waals surface area contributed by atoms with Crippen LogP contribution in [0, 0.1) is 5.92 Å². The Balaban J connectivity index is 1.76. The van der Waals surface area contributed by atoms with Crippen LogP contribution in [0.5, 0.6) is 17.2 Å². The highest BCUT2D eigenvalue weighted by atomic mass is 35.5. The Labute approximate surface area is 199 Å². The molecule has 0 fully saturated rings. The second-order valence-electron chi connectivity index (χ2n) is 7.91. The zero-order chi connectivity index (χ0) is 23.7. The summed E-state index contributed by atoms with van der Waals surface area (Å²) in [5, 5.41) is 20.2. The van der Waals surface area contributed by atoms with E-state index in [0.717, 1.165) is 26.8 Å². The van der Waals surface area contributed by atoms with E-state index in [9.17, 15) is 14.7 Å². The molecule has 7 heteroatoms. The average Bonchev–Trinajstić information content (AvgIpc) is 3.09. The molecule has 1 aliphatic rings. The summed E-state index contributed by atoms with van der Waals surface area (Å²) in [5.74, 6) is -0.111. The second kappa shape index (κ2) is 9.25. The molecule has 1 aromatic heterocycles. The van der Waals surface area contributed by atoms with Crippen molar-refractivity contribution in [3.8, 4) is 17.2 Å². The number of benzene rings is 2. The summed E-state index contributed by atoms with van der Waals surface area (Å²) in [6, 6.07) is 11.8. The fourth-order valence-electron chi connectivity index (χ4n) is 3.92. The summed E-state index contributed by atoms with van der Waals surface area (Å²) in [6.07, 6.45) is 4.99. The highest BCUT2D eigenvalue weighted by Crippen LogP contribution is 2.44. The Bertz CT molecular complexity index is 1350. The number of halogens is 1. The number of phenols is 1. The summed E-state index contributed by atoms with van der Waals surface area (Å²) in [5.41, 5.74) is 2.25. The van der Waals surface area contributed by atoms with Crippen molar-refractivity contribution in [3.05, 3.63) is 81.2 Å². The van der Waals surface area contributed by atoms with Crippen LogP contribution in [0.4, 0.5) is 0 Å². The first-order valence-corrected chi connectivity index (χ1v) is 11.5. The van der Waals surface area contributed by atoms with Gasteiger partial charge in [0.15, 0.2) is 5.75 Å². The van der Waals surface area contributed by atoms with Crippen molar-refractivity contribution in [2.45, 2.75) is 20.3 Å². The largest absolute Gasteiger partial charge is 0.508 e. The average molecular weight is 481 g/mol. The molecule has 3 aromatic rings. The maximum atomic E-state index is 13.7. The summed E-state index contributed by atoms with van der Waals surface area (Å²) in [6.45, 7) is 3.86. The Morgan fingerprint density at radius 3 is 2.58 bits per heavy atom. The van der Waals surface area contributed by atoms with Crippen LogP contribution in [0.3, 0.4) is 0 Å². The van der Waals surface area contributed by atoms with Crippen molar-refractivity contribution in [2.75, 3.05) is 0 Å². The number of rotatable bonds is 6. The molecule has 1 heterocycles. The van der Waals surface area contributed by atoms with E-state index in [0.29, 0.717) is 33.9 Å². The normalized spacial score (nSPS) is 16.3. The molecule has 2 N–H and O–H groups in total. The molecule has 0 bridgehead atoms. The standard InChI is InChI=1S/C26H21ClO5S/c1-14-11-17(27)12-15(2)23(14)24(31)26-25(20-9-6-18(28)13-21(20)33-26)32-19-7-3-16(4-8-19)5-10-22(29)30/h3-11,13,15,28H,12H2,1-2H3,(H,29,30)/b10-5+. The first-order valence-electron chi connectivity index (χ1n) is 10.3. The second-order valence-corrected chi connectivity index (χ2v) is 9.44. The third-order valence-corrected chi connectivity index (χ3v) is 6.79. The molecular weight excluding hydrogens is 460 g/mol. The Kier molecular flexibility index (Phi) is 6.40. The predicted octanol–water partition coefficient (Wildman–Crippen LogP) is 7.16. The number of fused-ring (bicyclic) bond motifs is 1. The molecule has 33 heavy (non-hydrogen) atoms. The molecule has 0 spiro atoms. The van der Waals surface area contributed by atoms with Crippen molar-refractivity contribution in [3.63, 3.8) is 0 Å². The predicted molar refractivity (Wildman–Crippen MR) is 131 cm³/mol. The van der Waals surface area contributed by atoms with Crippen molar-refractivity contribution >= 4 is 50.9 Å². The van der Waals surface area contributed by atoms with Gasteiger partial charge in [-0.15, -0.1) is 11.3 Å². The van der Waals surface area contributed by atoms with Crippen LogP contribution in [0.15, 0.2) is 70.8 Å². The van der Waals surface area contributed by atoms with E-state index < -0.39 is 5.97 Å². The van der Waals surface area contributed by atoms with Gasteiger partial charge in [-0.1, -0.05) is 30.7 Å². The smallest absolute Gasteiger partial charge is 0.328 e. The quantitative estimate of drug-likeness (QED) is 0.289. The molecule has 1 unspecified atom stereocenters. The zero-order valence-electron chi connectivity index (χ0n) is 18.0. The van der Waals surface area contributed by atoms with E-state index in [-0.39, 0.29) is 17.5 Å². The lowest BCUT2D eigenvalue weighted by molar-refractivity contribution is -0.131. The van der Waals surface area contributed by atoms with Crippen LogP contribution in [0.1, 0.15) is 35.5 Å². The van der Waals surface area contributed by atoms with Gasteiger partial charge >= 0.3 is 5.97 Å².